The molecule has 38 heavy (non-hydrogen) atoms. The van der Waals surface area contributed by atoms with Crippen LogP contribution in [0.2, 0.25) is 0 Å². The van der Waals surface area contributed by atoms with Gasteiger partial charge in [-0.25, -0.2) is 0 Å². The van der Waals surface area contributed by atoms with Crippen molar-refractivity contribution in [2.75, 3.05) is 0 Å². The first-order chi connectivity index (χ1) is 18.2. The summed E-state index contributed by atoms with van der Waals surface area (Å²) < 4.78 is 13.4. The van der Waals surface area contributed by atoms with Crippen LogP contribution in [0.25, 0.3) is 5.69 Å². The smallest absolute Gasteiger partial charge is 0.290 e. The van der Waals surface area contributed by atoms with E-state index in [1.807, 2.05) is 64.1 Å². The molecule has 198 valence electrons. The zero-order valence-corrected chi connectivity index (χ0v) is 22.2. The molecular formula is C26H28N6O5S. The molecule has 0 saturated carbocycles. The second-order valence-corrected chi connectivity index (χ2v) is 10.1. The Morgan fingerprint density at radius 2 is 1.89 bits per heavy atom. The first-order valence-corrected chi connectivity index (χ1v) is 12.9. The van der Waals surface area contributed by atoms with Crippen LogP contribution in [0.4, 0.5) is 10.5 Å². The van der Waals surface area contributed by atoms with Crippen LogP contribution in [0.1, 0.15) is 45.1 Å². The van der Waals surface area contributed by atoms with Crippen LogP contribution in [0.3, 0.4) is 0 Å². The van der Waals surface area contributed by atoms with E-state index in [4.69, 9.17) is 9.15 Å². The van der Waals surface area contributed by atoms with Crippen molar-refractivity contribution < 1.29 is 18.9 Å². The number of hydrogen-bond donors (Lipinski definition) is 0. The summed E-state index contributed by atoms with van der Waals surface area (Å²) in [6.07, 6.45) is 1.16. The van der Waals surface area contributed by atoms with Crippen molar-refractivity contribution in [3.63, 3.8) is 0 Å². The van der Waals surface area contributed by atoms with E-state index in [0.717, 1.165) is 17.4 Å². The lowest BCUT2D eigenvalue weighted by Gasteiger charge is -2.28. The number of ether oxygens (including phenoxy) is 1. The lowest BCUT2D eigenvalue weighted by molar-refractivity contribution is -0.385. The van der Waals surface area contributed by atoms with E-state index < -0.39 is 11.0 Å². The third kappa shape index (κ3) is 6.20. The van der Waals surface area contributed by atoms with Crippen molar-refractivity contribution in [1.29, 1.82) is 0 Å². The number of carbonyl (C=O) groups excluding carboxylic acids is 1. The number of rotatable bonds is 10. The number of carbonyl (C=O) groups is 1. The topological polar surface area (TPSA) is 129 Å². The van der Waals surface area contributed by atoms with E-state index in [-0.39, 0.29) is 29.4 Å². The van der Waals surface area contributed by atoms with Crippen LogP contribution in [-0.2, 0) is 6.54 Å². The first-order valence-electron chi connectivity index (χ1n) is 12.0. The first kappa shape index (κ1) is 26.9. The van der Waals surface area contributed by atoms with Gasteiger partial charge in [0.05, 0.1) is 23.4 Å². The second-order valence-electron chi connectivity index (χ2n) is 9.15. The number of para-hydroxylation sites is 1. The van der Waals surface area contributed by atoms with Crippen LogP contribution in [0.5, 0.6) is 5.75 Å². The number of benzene rings is 2. The highest BCUT2D eigenvalue weighted by atomic mass is 32.2. The number of non-ortho nitro benzene ring substituents is 1. The molecule has 1 unspecified atom stereocenters. The van der Waals surface area contributed by atoms with Crippen molar-refractivity contribution >= 4 is 22.7 Å². The monoisotopic (exact) mass is 536 g/mol. The van der Waals surface area contributed by atoms with Gasteiger partial charge in [0.1, 0.15) is 11.5 Å². The van der Waals surface area contributed by atoms with Gasteiger partial charge in [-0.15, -0.1) is 5.10 Å². The molecule has 2 aromatic carbocycles. The molecule has 1 atom stereocenters. The molecule has 0 radical (unpaired) electrons. The van der Waals surface area contributed by atoms with E-state index in [1.54, 1.807) is 23.3 Å². The lowest BCUT2D eigenvalue weighted by Crippen LogP contribution is -2.34. The number of thioether (sulfide) groups is 1. The molecule has 1 amide bonds. The fourth-order valence-electron chi connectivity index (χ4n) is 3.78. The SMILES string of the molecule is CC(C)C(Oc1ccc([N+](=O)[O-])cc1CN(C(=O)Sc1nnnn1-c1ccccc1)C(C)C)c1ccco1. The van der Waals surface area contributed by atoms with E-state index in [9.17, 15) is 14.9 Å². The van der Waals surface area contributed by atoms with E-state index >= 15 is 0 Å². The number of tetrazole rings is 1. The van der Waals surface area contributed by atoms with Gasteiger partial charge >= 0.3 is 0 Å². The summed E-state index contributed by atoms with van der Waals surface area (Å²) in [5, 5.41) is 23.3. The van der Waals surface area contributed by atoms with Crippen LogP contribution in [0.15, 0.2) is 76.5 Å². The maximum Gasteiger partial charge on any atom is 0.290 e. The highest BCUT2D eigenvalue weighted by molar-refractivity contribution is 8.13. The minimum atomic E-state index is -0.468. The molecule has 2 heterocycles. The molecule has 4 rings (SSSR count). The molecule has 4 aromatic rings. The Hall–Kier alpha value is -4.19. The number of aromatic nitrogens is 4. The molecule has 0 aliphatic carbocycles. The minimum absolute atomic E-state index is 0.0550. The number of amides is 1. The largest absolute Gasteiger partial charge is 0.482 e. The van der Waals surface area contributed by atoms with Crippen LogP contribution >= 0.6 is 11.8 Å². The lowest BCUT2D eigenvalue weighted by atomic mass is 10.0. The molecule has 0 aliphatic rings. The fraction of sp³-hybridized carbons (Fsp3) is 0.308. The van der Waals surface area contributed by atoms with Crippen molar-refractivity contribution in [3.8, 4) is 11.4 Å². The summed E-state index contributed by atoms with van der Waals surface area (Å²) in [6, 6.07) is 17.0. The number of nitro benzene ring substituents is 1. The van der Waals surface area contributed by atoms with Gasteiger partial charge in [-0.1, -0.05) is 32.0 Å². The average molecular weight is 537 g/mol. The van der Waals surface area contributed by atoms with Gasteiger partial charge in [-0.3, -0.25) is 14.9 Å². The molecule has 12 heteroatoms. The van der Waals surface area contributed by atoms with Gasteiger partial charge < -0.3 is 14.1 Å². The van der Waals surface area contributed by atoms with Gasteiger partial charge in [-0.2, -0.15) is 4.68 Å². The Bertz CT molecular complexity index is 1370. The fourth-order valence-corrected chi connectivity index (χ4v) is 4.64. The zero-order chi connectivity index (χ0) is 27.2. The Kier molecular flexibility index (Phi) is 8.41. The van der Waals surface area contributed by atoms with Crippen LogP contribution in [0, 0.1) is 16.0 Å². The Balaban J connectivity index is 1.62. The number of nitro groups is 1. The normalized spacial score (nSPS) is 12.1. The number of nitrogens with zero attached hydrogens (tertiary/aromatic N) is 6. The van der Waals surface area contributed by atoms with Gasteiger partial charge in [0.25, 0.3) is 10.9 Å². The molecular weight excluding hydrogens is 508 g/mol. The predicted molar refractivity (Wildman–Crippen MR) is 141 cm³/mol. The summed E-state index contributed by atoms with van der Waals surface area (Å²) in [5.41, 5.74) is 1.13. The Labute approximate surface area is 223 Å². The molecule has 0 bridgehead atoms. The number of hydrogen-bond acceptors (Lipinski definition) is 9. The van der Waals surface area contributed by atoms with Crippen molar-refractivity contribution in [2.45, 2.75) is 51.5 Å². The molecule has 2 aromatic heterocycles. The molecule has 0 aliphatic heterocycles. The zero-order valence-electron chi connectivity index (χ0n) is 21.4. The van der Waals surface area contributed by atoms with E-state index in [0.29, 0.717) is 22.2 Å². The summed E-state index contributed by atoms with van der Waals surface area (Å²) in [6.45, 7) is 7.81. The predicted octanol–water partition coefficient (Wildman–Crippen LogP) is 6.06. The van der Waals surface area contributed by atoms with Crippen molar-refractivity contribution in [1.82, 2.24) is 25.1 Å². The Morgan fingerprint density at radius 3 is 2.53 bits per heavy atom. The summed E-state index contributed by atoms with van der Waals surface area (Å²) in [7, 11) is 0. The summed E-state index contributed by atoms with van der Waals surface area (Å²) in [4.78, 5) is 26.2. The van der Waals surface area contributed by atoms with Gasteiger partial charge in [0.2, 0.25) is 5.16 Å². The average Bonchev–Trinajstić information content (AvgIpc) is 3.58. The van der Waals surface area contributed by atoms with E-state index in [2.05, 4.69) is 15.5 Å². The van der Waals surface area contributed by atoms with Crippen LogP contribution < -0.4 is 4.74 Å². The summed E-state index contributed by atoms with van der Waals surface area (Å²) >= 11 is 0.885. The third-order valence-electron chi connectivity index (χ3n) is 5.76. The maximum absolute atomic E-state index is 13.5. The van der Waals surface area contributed by atoms with Gasteiger partial charge in [0.15, 0.2) is 6.10 Å². The van der Waals surface area contributed by atoms with Gasteiger partial charge in [-0.05, 0) is 60.5 Å². The molecule has 0 N–H and O–H groups in total. The highest BCUT2D eigenvalue weighted by Crippen LogP contribution is 2.34. The van der Waals surface area contributed by atoms with Crippen molar-refractivity contribution in [2.24, 2.45) is 5.92 Å². The number of furan rings is 1. The van der Waals surface area contributed by atoms with E-state index in [1.165, 1.54) is 16.8 Å². The van der Waals surface area contributed by atoms with Gasteiger partial charge in [0, 0.05) is 35.5 Å². The second kappa shape index (κ2) is 11.9. The standard InChI is InChI=1S/C26H28N6O5S/c1-17(2)24(23-11-8-14-36-23)37-22-13-12-21(32(34)35)15-19(22)16-30(18(3)4)26(33)38-25-27-28-29-31(25)20-9-6-5-7-10-20/h5-15,17-18,24H,16H2,1-4H3. The molecule has 0 spiro atoms. The third-order valence-corrected chi connectivity index (χ3v) is 6.60. The molecule has 0 fully saturated rings. The molecule has 11 nitrogen and oxygen atoms in total. The van der Waals surface area contributed by atoms with Crippen molar-refractivity contribution in [3.05, 3.63) is 88.4 Å². The minimum Gasteiger partial charge on any atom is -0.482 e. The quantitative estimate of drug-likeness (QED) is 0.135. The highest BCUT2D eigenvalue weighted by Gasteiger charge is 2.27. The maximum atomic E-state index is 13.5. The molecule has 0 saturated heterocycles. The Morgan fingerprint density at radius 1 is 1.13 bits per heavy atom. The van der Waals surface area contributed by atoms with Crippen LogP contribution in [-0.4, -0.2) is 41.3 Å². The summed E-state index contributed by atoms with van der Waals surface area (Å²) in [5.74, 6) is 1.13.